The lowest BCUT2D eigenvalue weighted by Gasteiger charge is -2.28. The summed E-state index contributed by atoms with van der Waals surface area (Å²) in [5, 5.41) is 21.6. The quantitative estimate of drug-likeness (QED) is 0.275. The minimum atomic E-state index is -4.24. The Morgan fingerprint density at radius 2 is 1.50 bits per heavy atom. The average Bonchev–Trinajstić information content (AvgIpc) is 3.37. The second-order valence-corrected chi connectivity index (χ2v) is 12.8. The van der Waals surface area contributed by atoms with Crippen LogP contribution in [-0.2, 0) is 33.5 Å². The summed E-state index contributed by atoms with van der Waals surface area (Å²) in [5.41, 5.74) is -1.23. The first-order chi connectivity index (χ1) is 18.1. The predicted octanol–water partition coefficient (Wildman–Crippen LogP) is 3.87. The predicted molar refractivity (Wildman–Crippen MR) is 142 cm³/mol. The number of hydrogen-bond acceptors (Lipinski definition) is 9. The third-order valence-electron chi connectivity index (χ3n) is 6.95. The Kier molecular flexibility index (Phi) is 12.0. The lowest BCUT2D eigenvalue weighted by Crippen LogP contribution is -2.47. The molecule has 2 aliphatic rings. The van der Waals surface area contributed by atoms with Gasteiger partial charge in [-0.2, -0.15) is 0 Å². The van der Waals surface area contributed by atoms with E-state index in [2.05, 4.69) is 6.92 Å². The molecule has 0 aromatic heterocycles. The van der Waals surface area contributed by atoms with Crippen LogP contribution in [-0.4, -0.2) is 80.4 Å². The largest absolute Gasteiger partial charge is 0.386 e. The van der Waals surface area contributed by atoms with E-state index in [4.69, 9.17) is 23.7 Å². The average molecular weight is 559 g/mol. The third-order valence-corrected chi connectivity index (χ3v) is 8.79. The van der Waals surface area contributed by atoms with Crippen LogP contribution in [0.5, 0.6) is 0 Å². The lowest BCUT2D eigenvalue weighted by molar-refractivity contribution is -0.246. The standard InChI is InChI=1S/C28H46O9S/c1-5-6-7-8-9-10-11-17-33-18-12-19-34-27-25-24(36-28(3,4)37-25)23(35-27)22(29)26(30)38(31,32)21-15-13-20(2)14-16-21/h13-16,22-27,29-30H,5-12,17-19H2,1-4H3/t22-,23+,24-,25-,26?,27-/m0/s1. The zero-order valence-electron chi connectivity index (χ0n) is 23.2. The number of fused-ring (bicyclic) bond motifs is 1. The van der Waals surface area contributed by atoms with E-state index in [0.717, 1.165) is 18.6 Å². The number of rotatable bonds is 17. The molecule has 0 bridgehead atoms. The van der Waals surface area contributed by atoms with Crippen LogP contribution in [0.1, 0.15) is 77.7 Å². The Labute approximate surface area is 227 Å². The van der Waals surface area contributed by atoms with Gasteiger partial charge in [0, 0.05) is 13.2 Å². The number of aliphatic hydroxyl groups excluding tert-OH is 2. The molecule has 38 heavy (non-hydrogen) atoms. The van der Waals surface area contributed by atoms with Crippen LogP contribution in [0, 0.1) is 6.92 Å². The molecule has 0 saturated carbocycles. The van der Waals surface area contributed by atoms with Gasteiger partial charge in [0.05, 0.1) is 11.5 Å². The number of unbranched alkanes of at least 4 members (excludes halogenated alkanes) is 6. The summed E-state index contributed by atoms with van der Waals surface area (Å²) in [7, 11) is -4.24. The first-order valence-electron chi connectivity index (χ1n) is 13.9. The van der Waals surface area contributed by atoms with Crippen LogP contribution in [0.3, 0.4) is 0 Å². The first kappa shape index (κ1) is 31.4. The van der Waals surface area contributed by atoms with Crippen LogP contribution in [0.4, 0.5) is 0 Å². The Morgan fingerprint density at radius 3 is 2.18 bits per heavy atom. The highest BCUT2D eigenvalue weighted by molar-refractivity contribution is 7.92. The van der Waals surface area contributed by atoms with Crippen molar-refractivity contribution in [2.75, 3.05) is 19.8 Å². The highest BCUT2D eigenvalue weighted by Crippen LogP contribution is 2.41. The number of benzene rings is 1. The summed E-state index contributed by atoms with van der Waals surface area (Å²) in [6.45, 7) is 9.12. The van der Waals surface area contributed by atoms with E-state index < -0.39 is 51.8 Å². The molecule has 2 fully saturated rings. The van der Waals surface area contributed by atoms with Crippen LogP contribution >= 0.6 is 0 Å². The first-order valence-corrected chi connectivity index (χ1v) is 15.5. The van der Waals surface area contributed by atoms with Crippen LogP contribution in [0.25, 0.3) is 0 Å². The van der Waals surface area contributed by atoms with Crippen molar-refractivity contribution in [2.24, 2.45) is 0 Å². The van der Waals surface area contributed by atoms with Gasteiger partial charge < -0.3 is 33.9 Å². The minimum absolute atomic E-state index is 0.0857. The molecule has 2 aliphatic heterocycles. The summed E-state index contributed by atoms with van der Waals surface area (Å²) < 4.78 is 55.2. The molecule has 6 atom stereocenters. The molecule has 2 heterocycles. The second kappa shape index (κ2) is 14.5. The van der Waals surface area contributed by atoms with Gasteiger partial charge >= 0.3 is 0 Å². The van der Waals surface area contributed by atoms with Crippen molar-refractivity contribution in [1.29, 1.82) is 0 Å². The van der Waals surface area contributed by atoms with E-state index in [-0.39, 0.29) is 4.90 Å². The maximum absolute atomic E-state index is 13.0. The van der Waals surface area contributed by atoms with E-state index in [1.807, 2.05) is 6.92 Å². The Balaban J connectivity index is 1.47. The van der Waals surface area contributed by atoms with Crippen molar-refractivity contribution in [3.05, 3.63) is 29.8 Å². The maximum Gasteiger partial charge on any atom is 0.207 e. The molecule has 2 saturated heterocycles. The van der Waals surface area contributed by atoms with Gasteiger partial charge in [0.25, 0.3) is 0 Å². The van der Waals surface area contributed by atoms with E-state index in [1.165, 1.54) is 50.7 Å². The Morgan fingerprint density at radius 1 is 0.895 bits per heavy atom. The number of aryl methyl sites for hydroxylation is 1. The summed E-state index contributed by atoms with van der Waals surface area (Å²) in [5.74, 6) is -0.973. The number of ether oxygens (including phenoxy) is 5. The Bertz CT molecular complexity index is 934. The second-order valence-electron chi connectivity index (χ2n) is 10.7. The fourth-order valence-corrected chi connectivity index (χ4v) is 6.15. The molecule has 3 rings (SSSR count). The van der Waals surface area contributed by atoms with E-state index in [0.29, 0.717) is 19.6 Å². The zero-order chi connectivity index (χ0) is 27.8. The summed E-state index contributed by atoms with van der Waals surface area (Å²) >= 11 is 0. The fraction of sp³-hybridized carbons (Fsp3) is 0.786. The fourth-order valence-electron chi connectivity index (χ4n) is 4.84. The molecule has 0 spiro atoms. The third kappa shape index (κ3) is 8.44. The number of sulfone groups is 1. The van der Waals surface area contributed by atoms with E-state index in [9.17, 15) is 18.6 Å². The number of hydrogen-bond donors (Lipinski definition) is 2. The van der Waals surface area contributed by atoms with Crippen molar-refractivity contribution >= 4 is 9.84 Å². The van der Waals surface area contributed by atoms with Crippen LogP contribution in [0.2, 0.25) is 0 Å². The topological polar surface area (TPSA) is 121 Å². The van der Waals surface area contributed by atoms with Gasteiger partial charge in [0.1, 0.15) is 24.4 Å². The highest BCUT2D eigenvalue weighted by atomic mass is 32.2. The molecule has 1 aromatic rings. The molecule has 1 unspecified atom stereocenters. The number of aliphatic hydroxyl groups is 2. The molecule has 0 amide bonds. The molecule has 0 aliphatic carbocycles. The normalized spacial score (nSPS) is 26.4. The molecule has 218 valence electrons. The van der Waals surface area contributed by atoms with Gasteiger partial charge in [0.15, 0.2) is 17.5 Å². The summed E-state index contributed by atoms with van der Waals surface area (Å²) in [4.78, 5) is -0.0857. The monoisotopic (exact) mass is 558 g/mol. The van der Waals surface area contributed by atoms with Gasteiger partial charge in [0.2, 0.25) is 9.84 Å². The van der Waals surface area contributed by atoms with Crippen molar-refractivity contribution in [3.63, 3.8) is 0 Å². The van der Waals surface area contributed by atoms with Gasteiger partial charge in [-0.1, -0.05) is 63.1 Å². The zero-order valence-corrected chi connectivity index (χ0v) is 24.0. The van der Waals surface area contributed by atoms with Gasteiger partial charge in [-0.3, -0.25) is 0 Å². The van der Waals surface area contributed by atoms with Crippen molar-refractivity contribution < 1.29 is 42.3 Å². The highest BCUT2D eigenvalue weighted by Gasteiger charge is 2.59. The van der Waals surface area contributed by atoms with Crippen molar-refractivity contribution in [2.45, 2.75) is 126 Å². The smallest absolute Gasteiger partial charge is 0.207 e. The van der Waals surface area contributed by atoms with Gasteiger partial charge in [-0.05, 0) is 45.7 Å². The maximum atomic E-state index is 13.0. The van der Waals surface area contributed by atoms with E-state index >= 15 is 0 Å². The van der Waals surface area contributed by atoms with E-state index in [1.54, 1.807) is 26.0 Å². The Hall–Kier alpha value is -1.11. The van der Waals surface area contributed by atoms with Crippen molar-refractivity contribution in [3.8, 4) is 0 Å². The minimum Gasteiger partial charge on any atom is -0.386 e. The van der Waals surface area contributed by atoms with Gasteiger partial charge in [-0.25, -0.2) is 8.42 Å². The summed E-state index contributed by atoms with van der Waals surface area (Å²) in [6.07, 6.45) is 4.02. The SMILES string of the molecule is CCCCCCCCCOCCCO[C@H]1O[C@H]([C@H](O)C(O)S(=O)(=O)c2ccc(C)cc2)[C@@H]2OC(C)(C)O[C@H]12. The molecular weight excluding hydrogens is 512 g/mol. The lowest BCUT2D eigenvalue weighted by atomic mass is 10.1. The summed E-state index contributed by atoms with van der Waals surface area (Å²) in [6, 6.07) is 6.07. The molecule has 1 aromatic carbocycles. The van der Waals surface area contributed by atoms with Crippen LogP contribution in [0.15, 0.2) is 29.2 Å². The molecule has 9 nitrogen and oxygen atoms in total. The molecule has 0 radical (unpaired) electrons. The van der Waals surface area contributed by atoms with Gasteiger partial charge in [-0.15, -0.1) is 0 Å². The molecular formula is C28H46O9S. The van der Waals surface area contributed by atoms with Crippen LogP contribution < -0.4 is 0 Å². The molecule has 2 N–H and O–H groups in total. The molecule has 10 heteroatoms. The van der Waals surface area contributed by atoms with Crippen molar-refractivity contribution in [1.82, 2.24) is 0 Å².